The lowest BCUT2D eigenvalue weighted by Crippen LogP contribution is -2.43. The summed E-state index contributed by atoms with van der Waals surface area (Å²) in [5, 5.41) is 2.74. The van der Waals surface area contributed by atoms with Crippen molar-refractivity contribution in [2.45, 2.75) is 18.9 Å². The molecule has 1 unspecified atom stereocenters. The fraction of sp³-hybridized carbons (Fsp3) is 0.462. The summed E-state index contributed by atoms with van der Waals surface area (Å²) < 4.78 is 30.9. The van der Waals surface area contributed by atoms with Crippen LogP contribution in [0.4, 0.5) is 8.78 Å². The number of amides is 1. The Bertz CT molecular complexity index is 464. The van der Waals surface area contributed by atoms with Crippen LogP contribution in [0.2, 0.25) is 0 Å². The maximum absolute atomic E-state index is 13.3. The van der Waals surface area contributed by atoms with Gasteiger partial charge in [-0.1, -0.05) is 0 Å². The number of nitrogens with two attached hydrogens (primary N) is 1. The van der Waals surface area contributed by atoms with E-state index in [4.69, 9.17) is 10.5 Å². The molecule has 0 spiro atoms. The molecule has 1 aromatic rings. The first-order valence-corrected chi connectivity index (χ1v) is 6.17. The minimum atomic E-state index is -0.828. The van der Waals surface area contributed by atoms with Crippen LogP contribution in [-0.2, 0) is 4.79 Å². The molecule has 2 rings (SSSR count). The van der Waals surface area contributed by atoms with Crippen molar-refractivity contribution in [1.29, 1.82) is 0 Å². The summed E-state index contributed by atoms with van der Waals surface area (Å²) in [5.74, 6) is -1.58. The Kier molecular flexibility index (Phi) is 4.31. The van der Waals surface area contributed by atoms with Gasteiger partial charge in [0.1, 0.15) is 5.82 Å². The van der Waals surface area contributed by atoms with E-state index in [1.807, 2.05) is 0 Å². The summed E-state index contributed by atoms with van der Waals surface area (Å²) in [6.45, 7) is 0.0626. The zero-order valence-electron chi connectivity index (χ0n) is 10.4. The fourth-order valence-electron chi connectivity index (χ4n) is 1.85. The van der Waals surface area contributed by atoms with Crippen molar-refractivity contribution < 1.29 is 18.3 Å². The van der Waals surface area contributed by atoms with E-state index in [-0.39, 0.29) is 24.3 Å². The van der Waals surface area contributed by atoms with Crippen molar-refractivity contribution in [3.63, 3.8) is 0 Å². The Labute approximate surface area is 109 Å². The molecular formula is C13H16F2N2O2. The lowest BCUT2D eigenvalue weighted by molar-refractivity contribution is -0.123. The summed E-state index contributed by atoms with van der Waals surface area (Å²) in [4.78, 5) is 11.6. The fourth-order valence-corrected chi connectivity index (χ4v) is 1.85. The molecule has 0 aromatic heterocycles. The second-order valence-electron chi connectivity index (χ2n) is 4.61. The molecule has 0 aliphatic heterocycles. The van der Waals surface area contributed by atoms with Crippen molar-refractivity contribution in [2.75, 3.05) is 13.2 Å². The predicted octanol–water partition coefficient (Wildman–Crippen LogP) is 1.20. The van der Waals surface area contributed by atoms with Crippen LogP contribution in [0.1, 0.15) is 12.8 Å². The zero-order valence-corrected chi connectivity index (χ0v) is 10.4. The smallest absolute Gasteiger partial charge is 0.258 e. The van der Waals surface area contributed by atoms with Gasteiger partial charge < -0.3 is 15.8 Å². The molecule has 19 heavy (non-hydrogen) atoms. The molecule has 1 aliphatic rings. The number of benzene rings is 1. The number of ether oxygens (including phenoxy) is 1. The largest absolute Gasteiger partial charge is 0.481 e. The molecule has 1 saturated carbocycles. The van der Waals surface area contributed by atoms with Crippen LogP contribution < -0.4 is 15.8 Å². The quantitative estimate of drug-likeness (QED) is 0.816. The average molecular weight is 270 g/mol. The number of rotatable bonds is 6. The highest BCUT2D eigenvalue weighted by atomic mass is 19.1. The van der Waals surface area contributed by atoms with E-state index in [0.717, 1.165) is 25.0 Å². The lowest BCUT2D eigenvalue weighted by atomic mass is 10.2. The maximum atomic E-state index is 13.3. The minimum absolute atomic E-state index is 0.0471. The van der Waals surface area contributed by atoms with Crippen LogP contribution in [-0.4, -0.2) is 25.1 Å². The molecule has 0 bridgehead atoms. The van der Waals surface area contributed by atoms with E-state index in [2.05, 4.69) is 5.32 Å². The monoisotopic (exact) mass is 270 g/mol. The molecule has 1 atom stereocenters. The van der Waals surface area contributed by atoms with Crippen LogP contribution in [0.5, 0.6) is 5.75 Å². The molecule has 0 saturated heterocycles. The van der Waals surface area contributed by atoms with E-state index in [1.54, 1.807) is 0 Å². The maximum Gasteiger partial charge on any atom is 0.258 e. The van der Waals surface area contributed by atoms with E-state index >= 15 is 0 Å². The van der Waals surface area contributed by atoms with Crippen molar-refractivity contribution in [3.8, 4) is 5.75 Å². The van der Waals surface area contributed by atoms with Gasteiger partial charge >= 0.3 is 0 Å². The van der Waals surface area contributed by atoms with Crippen LogP contribution in [0.3, 0.4) is 0 Å². The van der Waals surface area contributed by atoms with Crippen molar-refractivity contribution in [3.05, 3.63) is 29.8 Å². The normalized spacial score (nSPS) is 15.9. The summed E-state index contributed by atoms with van der Waals surface area (Å²) in [6, 6.07) is 2.89. The van der Waals surface area contributed by atoms with Gasteiger partial charge in [-0.2, -0.15) is 0 Å². The van der Waals surface area contributed by atoms with Crippen LogP contribution in [0.25, 0.3) is 0 Å². The Hall–Kier alpha value is -1.69. The minimum Gasteiger partial charge on any atom is -0.481 e. The number of nitrogens with one attached hydrogen (secondary N) is 1. The van der Waals surface area contributed by atoms with E-state index in [1.165, 1.54) is 0 Å². The summed E-state index contributed by atoms with van der Waals surface area (Å²) in [6.07, 6.45) is 2.13. The SMILES string of the molecule is NCC(NC(=O)COc1ccc(F)cc1F)C1CC1. The first-order valence-electron chi connectivity index (χ1n) is 6.17. The standard InChI is InChI=1S/C13H16F2N2O2/c14-9-3-4-12(10(15)5-9)19-7-13(18)17-11(6-16)8-1-2-8/h3-5,8,11H,1-2,6-7,16H2,(H,17,18). The van der Waals surface area contributed by atoms with Crippen molar-refractivity contribution in [1.82, 2.24) is 5.32 Å². The Morgan fingerprint density at radius 1 is 1.47 bits per heavy atom. The van der Waals surface area contributed by atoms with Gasteiger partial charge in [0.15, 0.2) is 18.2 Å². The van der Waals surface area contributed by atoms with E-state index in [0.29, 0.717) is 18.5 Å². The van der Waals surface area contributed by atoms with Gasteiger partial charge in [-0.3, -0.25) is 4.79 Å². The van der Waals surface area contributed by atoms with Gasteiger partial charge in [-0.25, -0.2) is 8.78 Å². The summed E-state index contributed by atoms with van der Waals surface area (Å²) >= 11 is 0. The van der Waals surface area contributed by atoms with Crippen LogP contribution >= 0.6 is 0 Å². The molecule has 3 N–H and O–H groups in total. The van der Waals surface area contributed by atoms with E-state index < -0.39 is 11.6 Å². The molecule has 1 fully saturated rings. The van der Waals surface area contributed by atoms with Gasteiger partial charge in [0.05, 0.1) is 0 Å². The van der Waals surface area contributed by atoms with Crippen LogP contribution in [0, 0.1) is 17.6 Å². The first kappa shape index (κ1) is 13.7. The third-order valence-corrected chi connectivity index (χ3v) is 3.04. The molecule has 1 aromatic carbocycles. The van der Waals surface area contributed by atoms with Gasteiger partial charge in [0, 0.05) is 18.7 Å². The third-order valence-electron chi connectivity index (χ3n) is 3.04. The highest BCUT2D eigenvalue weighted by molar-refractivity contribution is 5.78. The first-order chi connectivity index (χ1) is 9.10. The number of halogens is 2. The second-order valence-corrected chi connectivity index (χ2v) is 4.61. The van der Waals surface area contributed by atoms with Crippen LogP contribution in [0.15, 0.2) is 18.2 Å². The Morgan fingerprint density at radius 3 is 2.79 bits per heavy atom. The molecular weight excluding hydrogens is 254 g/mol. The number of hydrogen-bond acceptors (Lipinski definition) is 3. The second kappa shape index (κ2) is 5.97. The van der Waals surface area contributed by atoms with Gasteiger partial charge in [0.2, 0.25) is 0 Å². The Morgan fingerprint density at radius 2 is 2.21 bits per heavy atom. The number of carbonyl (C=O) groups excluding carboxylic acids is 1. The van der Waals surface area contributed by atoms with Gasteiger partial charge in [-0.05, 0) is 30.9 Å². The van der Waals surface area contributed by atoms with E-state index in [9.17, 15) is 13.6 Å². The molecule has 1 amide bonds. The van der Waals surface area contributed by atoms with Gasteiger partial charge in [0.25, 0.3) is 5.91 Å². The van der Waals surface area contributed by atoms with Gasteiger partial charge in [-0.15, -0.1) is 0 Å². The number of carbonyl (C=O) groups is 1. The molecule has 6 heteroatoms. The summed E-state index contributed by atoms with van der Waals surface area (Å²) in [5.41, 5.74) is 5.55. The molecule has 1 aliphatic carbocycles. The number of hydrogen-bond donors (Lipinski definition) is 2. The Balaban J connectivity index is 1.82. The summed E-state index contributed by atoms with van der Waals surface area (Å²) in [7, 11) is 0. The van der Waals surface area contributed by atoms with Crippen molar-refractivity contribution in [2.24, 2.45) is 11.7 Å². The molecule has 0 heterocycles. The third kappa shape index (κ3) is 3.89. The van der Waals surface area contributed by atoms with Crippen molar-refractivity contribution >= 4 is 5.91 Å². The lowest BCUT2D eigenvalue weighted by Gasteiger charge is -2.16. The highest BCUT2D eigenvalue weighted by Crippen LogP contribution is 2.32. The highest BCUT2D eigenvalue weighted by Gasteiger charge is 2.31. The predicted molar refractivity (Wildman–Crippen MR) is 65.6 cm³/mol. The molecule has 4 nitrogen and oxygen atoms in total. The average Bonchev–Trinajstić information content (AvgIpc) is 3.19. The zero-order chi connectivity index (χ0) is 13.8. The molecule has 104 valence electrons. The topological polar surface area (TPSA) is 64.3 Å². The molecule has 0 radical (unpaired) electrons.